The Hall–Kier alpha value is -1.07. The van der Waals surface area contributed by atoms with Crippen LogP contribution in [0.25, 0.3) is 0 Å². The number of nitrogens with zero attached hydrogens (tertiary/aromatic N) is 1. The SMILES string of the molecule is CCCN(C)S(=O)(=O)c1ccc(OC)cc1. The van der Waals surface area contributed by atoms with Gasteiger partial charge in [0, 0.05) is 13.6 Å². The van der Waals surface area contributed by atoms with Gasteiger partial charge in [-0.25, -0.2) is 12.7 Å². The van der Waals surface area contributed by atoms with Crippen LogP contribution >= 0.6 is 0 Å². The molecule has 1 aromatic rings. The van der Waals surface area contributed by atoms with Crippen LogP contribution in [0.3, 0.4) is 0 Å². The van der Waals surface area contributed by atoms with Gasteiger partial charge in [0.2, 0.25) is 10.0 Å². The van der Waals surface area contributed by atoms with Gasteiger partial charge < -0.3 is 4.74 Å². The van der Waals surface area contributed by atoms with E-state index in [4.69, 9.17) is 4.74 Å². The van der Waals surface area contributed by atoms with Crippen molar-refractivity contribution in [2.24, 2.45) is 0 Å². The Bertz CT molecular complexity index is 425. The lowest BCUT2D eigenvalue weighted by molar-refractivity contribution is 0.414. The molecule has 0 fully saturated rings. The van der Waals surface area contributed by atoms with Crippen LogP contribution in [0, 0.1) is 0 Å². The Morgan fingerprint density at radius 3 is 2.25 bits per heavy atom. The molecule has 0 aromatic heterocycles. The maximum absolute atomic E-state index is 12.0. The zero-order chi connectivity index (χ0) is 12.2. The minimum atomic E-state index is -3.35. The van der Waals surface area contributed by atoms with Crippen LogP contribution in [-0.4, -0.2) is 33.4 Å². The maximum atomic E-state index is 12.0. The van der Waals surface area contributed by atoms with Gasteiger partial charge in [-0.3, -0.25) is 0 Å². The second-order valence-electron chi connectivity index (χ2n) is 3.50. The Morgan fingerprint density at radius 2 is 1.81 bits per heavy atom. The van der Waals surface area contributed by atoms with Gasteiger partial charge >= 0.3 is 0 Å². The lowest BCUT2D eigenvalue weighted by Gasteiger charge is -2.16. The van der Waals surface area contributed by atoms with E-state index < -0.39 is 10.0 Å². The van der Waals surface area contributed by atoms with Gasteiger partial charge in [0.1, 0.15) is 5.75 Å². The minimum absolute atomic E-state index is 0.296. The van der Waals surface area contributed by atoms with Crippen molar-refractivity contribution in [2.45, 2.75) is 18.2 Å². The average molecular weight is 243 g/mol. The number of hydrogen-bond donors (Lipinski definition) is 0. The van der Waals surface area contributed by atoms with Gasteiger partial charge in [0.05, 0.1) is 12.0 Å². The molecule has 0 saturated heterocycles. The summed E-state index contributed by atoms with van der Waals surface area (Å²) in [6.45, 7) is 2.47. The third-order valence-corrected chi connectivity index (χ3v) is 4.18. The molecule has 0 N–H and O–H groups in total. The predicted molar refractivity (Wildman–Crippen MR) is 63.1 cm³/mol. The van der Waals surface area contributed by atoms with Crippen LogP contribution in [0.5, 0.6) is 5.75 Å². The number of ether oxygens (including phenoxy) is 1. The fraction of sp³-hybridized carbons (Fsp3) is 0.455. The molecule has 0 heterocycles. The highest BCUT2D eigenvalue weighted by atomic mass is 32.2. The summed E-state index contributed by atoms with van der Waals surface area (Å²) in [5, 5.41) is 0. The molecule has 1 aromatic carbocycles. The van der Waals surface area contributed by atoms with Gasteiger partial charge in [0.15, 0.2) is 0 Å². The van der Waals surface area contributed by atoms with E-state index in [2.05, 4.69) is 0 Å². The van der Waals surface area contributed by atoms with Gasteiger partial charge in [0.25, 0.3) is 0 Å². The lowest BCUT2D eigenvalue weighted by atomic mass is 10.3. The molecular weight excluding hydrogens is 226 g/mol. The molecule has 16 heavy (non-hydrogen) atoms. The van der Waals surface area contributed by atoms with E-state index in [1.807, 2.05) is 6.92 Å². The predicted octanol–water partition coefficient (Wildman–Crippen LogP) is 1.73. The largest absolute Gasteiger partial charge is 0.497 e. The van der Waals surface area contributed by atoms with E-state index in [-0.39, 0.29) is 0 Å². The molecule has 0 radical (unpaired) electrons. The van der Waals surface area contributed by atoms with E-state index in [1.54, 1.807) is 38.4 Å². The van der Waals surface area contributed by atoms with Crippen LogP contribution in [0.15, 0.2) is 29.2 Å². The van der Waals surface area contributed by atoms with Crippen molar-refractivity contribution >= 4 is 10.0 Å². The first-order chi connectivity index (χ1) is 7.52. The highest BCUT2D eigenvalue weighted by Gasteiger charge is 2.19. The summed E-state index contributed by atoms with van der Waals surface area (Å²) in [7, 11) is -0.214. The van der Waals surface area contributed by atoms with E-state index in [9.17, 15) is 8.42 Å². The van der Waals surface area contributed by atoms with Gasteiger partial charge in [-0.1, -0.05) is 6.92 Å². The van der Waals surface area contributed by atoms with Gasteiger partial charge in [-0.2, -0.15) is 0 Å². The van der Waals surface area contributed by atoms with Crippen molar-refractivity contribution < 1.29 is 13.2 Å². The molecule has 0 saturated carbocycles. The van der Waals surface area contributed by atoms with Crippen molar-refractivity contribution in [2.75, 3.05) is 20.7 Å². The molecule has 1 rings (SSSR count). The van der Waals surface area contributed by atoms with E-state index >= 15 is 0 Å². The first-order valence-corrected chi connectivity index (χ1v) is 6.56. The molecule has 0 amide bonds. The maximum Gasteiger partial charge on any atom is 0.242 e. The third kappa shape index (κ3) is 2.74. The number of benzene rings is 1. The molecule has 0 aliphatic carbocycles. The van der Waals surface area contributed by atoms with Crippen molar-refractivity contribution in [1.29, 1.82) is 0 Å². The second-order valence-corrected chi connectivity index (χ2v) is 5.55. The average Bonchev–Trinajstić information content (AvgIpc) is 2.29. The number of hydrogen-bond acceptors (Lipinski definition) is 3. The zero-order valence-electron chi connectivity index (χ0n) is 9.80. The Balaban J connectivity index is 2.98. The van der Waals surface area contributed by atoms with Gasteiger partial charge in [-0.15, -0.1) is 0 Å². The molecule has 0 aliphatic rings. The number of sulfonamides is 1. The monoisotopic (exact) mass is 243 g/mol. The van der Waals surface area contributed by atoms with E-state index in [0.29, 0.717) is 17.2 Å². The normalized spacial score (nSPS) is 11.8. The number of methoxy groups -OCH3 is 1. The third-order valence-electron chi connectivity index (χ3n) is 2.31. The van der Waals surface area contributed by atoms with Crippen LogP contribution in [0.2, 0.25) is 0 Å². The summed E-state index contributed by atoms with van der Waals surface area (Å²) in [6.07, 6.45) is 0.798. The minimum Gasteiger partial charge on any atom is -0.497 e. The summed E-state index contributed by atoms with van der Waals surface area (Å²) in [6, 6.07) is 6.40. The van der Waals surface area contributed by atoms with E-state index in [1.165, 1.54) is 4.31 Å². The molecule has 90 valence electrons. The highest BCUT2D eigenvalue weighted by molar-refractivity contribution is 7.89. The molecule has 0 bridgehead atoms. The van der Waals surface area contributed by atoms with Crippen LogP contribution < -0.4 is 4.74 Å². The standard InChI is InChI=1S/C11H17NO3S/c1-4-9-12(2)16(13,14)11-7-5-10(15-3)6-8-11/h5-8H,4,9H2,1-3H3. The first-order valence-electron chi connectivity index (χ1n) is 5.12. The smallest absolute Gasteiger partial charge is 0.242 e. The lowest BCUT2D eigenvalue weighted by Crippen LogP contribution is -2.27. The van der Waals surface area contributed by atoms with Crippen molar-refractivity contribution in [3.05, 3.63) is 24.3 Å². The van der Waals surface area contributed by atoms with Crippen molar-refractivity contribution in [3.63, 3.8) is 0 Å². The molecule has 5 heteroatoms. The topological polar surface area (TPSA) is 46.6 Å². The van der Waals surface area contributed by atoms with Crippen LogP contribution in [0.4, 0.5) is 0 Å². The molecule has 4 nitrogen and oxygen atoms in total. The van der Waals surface area contributed by atoms with E-state index in [0.717, 1.165) is 6.42 Å². The zero-order valence-corrected chi connectivity index (χ0v) is 10.6. The van der Waals surface area contributed by atoms with Gasteiger partial charge in [-0.05, 0) is 30.7 Å². The molecule has 0 spiro atoms. The molecule has 0 atom stereocenters. The summed E-state index contributed by atoms with van der Waals surface area (Å²) in [4.78, 5) is 0.296. The summed E-state index contributed by atoms with van der Waals surface area (Å²) in [5.41, 5.74) is 0. The molecule has 0 unspecified atom stereocenters. The van der Waals surface area contributed by atoms with Crippen molar-refractivity contribution in [3.8, 4) is 5.75 Å². The second kappa shape index (κ2) is 5.32. The fourth-order valence-corrected chi connectivity index (χ4v) is 2.63. The fourth-order valence-electron chi connectivity index (χ4n) is 1.36. The quantitative estimate of drug-likeness (QED) is 0.791. The van der Waals surface area contributed by atoms with Crippen LogP contribution in [0.1, 0.15) is 13.3 Å². The molecule has 0 aliphatic heterocycles. The van der Waals surface area contributed by atoms with Crippen LogP contribution in [-0.2, 0) is 10.0 Å². The number of rotatable bonds is 5. The summed E-state index contributed by atoms with van der Waals surface area (Å²) in [5.74, 6) is 0.650. The Kier molecular flexibility index (Phi) is 4.32. The summed E-state index contributed by atoms with van der Waals surface area (Å²) >= 11 is 0. The first kappa shape index (κ1) is 13.0. The highest BCUT2D eigenvalue weighted by Crippen LogP contribution is 2.18. The van der Waals surface area contributed by atoms with Crippen molar-refractivity contribution in [1.82, 2.24) is 4.31 Å². The Morgan fingerprint density at radius 1 is 1.25 bits per heavy atom. The molecular formula is C11H17NO3S. The Labute approximate surface area is 96.9 Å². The summed E-state index contributed by atoms with van der Waals surface area (Å²) < 4.78 is 30.4.